The number of nitrogens with one attached hydrogen (secondary N) is 2. The van der Waals surface area contributed by atoms with Crippen LogP contribution in [0.15, 0.2) is 54.6 Å². The number of benzene rings is 2. The topological polar surface area (TPSA) is 93.7 Å². The van der Waals surface area contributed by atoms with E-state index in [0.29, 0.717) is 29.2 Å². The van der Waals surface area contributed by atoms with Crippen molar-refractivity contribution in [1.29, 1.82) is 0 Å². The predicted octanol–water partition coefficient (Wildman–Crippen LogP) is 2.73. The van der Waals surface area contributed by atoms with Crippen molar-refractivity contribution >= 4 is 35.2 Å². The van der Waals surface area contributed by atoms with E-state index in [1.807, 2.05) is 24.5 Å². The van der Waals surface area contributed by atoms with Gasteiger partial charge in [0.1, 0.15) is 11.8 Å². The Morgan fingerprint density at radius 2 is 1.72 bits per heavy atom. The van der Waals surface area contributed by atoms with Crippen LogP contribution >= 0.6 is 11.8 Å². The lowest BCUT2D eigenvalue weighted by Gasteiger charge is -2.18. The first-order valence-corrected chi connectivity index (χ1v) is 10.4. The molecule has 0 unspecified atom stereocenters. The normalized spacial score (nSPS) is 11.2. The van der Waals surface area contributed by atoms with Gasteiger partial charge in [0.15, 0.2) is 6.61 Å². The summed E-state index contributed by atoms with van der Waals surface area (Å²) in [6, 6.07) is 14.6. The number of hydrogen-bond donors (Lipinski definition) is 2. The molecule has 0 saturated carbocycles. The van der Waals surface area contributed by atoms with E-state index in [4.69, 9.17) is 4.74 Å². The Labute approximate surface area is 174 Å². The molecule has 0 aliphatic heterocycles. The minimum Gasteiger partial charge on any atom is -0.484 e. The Bertz CT molecular complexity index is 812. The number of methoxy groups -OCH3 is 1. The highest BCUT2D eigenvalue weighted by Crippen LogP contribution is 2.12. The summed E-state index contributed by atoms with van der Waals surface area (Å²) in [6.45, 7) is -0.180. The Balaban J connectivity index is 1.94. The molecule has 7 nitrogen and oxygen atoms in total. The number of carbonyl (C=O) groups is 3. The number of carbonyl (C=O) groups excluding carboxylic acids is 3. The third-order valence-corrected chi connectivity index (χ3v) is 4.59. The first kappa shape index (κ1) is 22.3. The Morgan fingerprint density at radius 3 is 2.34 bits per heavy atom. The van der Waals surface area contributed by atoms with Crippen LogP contribution in [-0.4, -0.2) is 49.6 Å². The van der Waals surface area contributed by atoms with E-state index < -0.39 is 12.0 Å². The summed E-state index contributed by atoms with van der Waals surface area (Å²) in [7, 11) is 1.30. The second-order valence-corrected chi connectivity index (χ2v) is 7.05. The number of thioether (sulfide) groups is 1. The lowest BCUT2D eigenvalue weighted by molar-refractivity contribution is -0.127. The molecule has 0 saturated heterocycles. The van der Waals surface area contributed by atoms with Crippen LogP contribution in [0, 0.1) is 0 Å². The van der Waals surface area contributed by atoms with Crippen molar-refractivity contribution in [2.75, 3.05) is 31.0 Å². The van der Waals surface area contributed by atoms with E-state index >= 15 is 0 Å². The van der Waals surface area contributed by atoms with Gasteiger partial charge in [0.05, 0.1) is 12.7 Å². The molecule has 2 aromatic carbocycles. The average molecular weight is 416 g/mol. The largest absolute Gasteiger partial charge is 0.484 e. The van der Waals surface area contributed by atoms with E-state index in [-0.39, 0.29) is 18.4 Å². The van der Waals surface area contributed by atoms with Gasteiger partial charge in [-0.2, -0.15) is 11.8 Å². The molecule has 0 radical (unpaired) electrons. The van der Waals surface area contributed by atoms with Crippen LogP contribution in [0.4, 0.5) is 5.69 Å². The first-order valence-electron chi connectivity index (χ1n) is 8.99. The fraction of sp³-hybridized carbons (Fsp3) is 0.286. The molecule has 154 valence electrons. The SMILES string of the molecule is COC(=O)c1ccc(NC(=O)[C@H](CCSC)NC(=O)COc2ccccc2)cc1. The van der Waals surface area contributed by atoms with Crippen LogP contribution in [0.5, 0.6) is 5.75 Å². The summed E-state index contributed by atoms with van der Waals surface area (Å²) in [6.07, 6.45) is 2.41. The molecule has 29 heavy (non-hydrogen) atoms. The lowest BCUT2D eigenvalue weighted by Crippen LogP contribution is -2.45. The third kappa shape index (κ3) is 7.50. The van der Waals surface area contributed by atoms with Crippen molar-refractivity contribution in [2.45, 2.75) is 12.5 Å². The Kier molecular flexibility index (Phi) is 9.04. The highest BCUT2D eigenvalue weighted by molar-refractivity contribution is 7.98. The van der Waals surface area contributed by atoms with E-state index in [9.17, 15) is 14.4 Å². The van der Waals surface area contributed by atoms with E-state index in [0.717, 1.165) is 0 Å². The maximum atomic E-state index is 12.6. The molecule has 0 spiro atoms. The Hall–Kier alpha value is -3.00. The molecular weight excluding hydrogens is 392 g/mol. The van der Waals surface area contributed by atoms with Gasteiger partial charge in [-0.15, -0.1) is 0 Å². The van der Waals surface area contributed by atoms with Crippen LogP contribution in [0.2, 0.25) is 0 Å². The molecule has 0 heterocycles. The molecule has 8 heteroatoms. The minimum atomic E-state index is -0.699. The zero-order chi connectivity index (χ0) is 21.1. The zero-order valence-electron chi connectivity index (χ0n) is 16.3. The van der Waals surface area contributed by atoms with E-state index in [1.54, 1.807) is 48.2 Å². The number of rotatable bonds is 10. The van der Waals surface area contributed by atoms with Crippen LogP contribution in [0.25, 0.3) is 0 Å². The zero-order valence-corrected chi connectivity index (χ0v) is 17.2. The summed E-state index contributed by atoms with van der Waals surface area (Å²) in [4.78, 5) is 36.3. The van der Waals surface area contributed by atoms with Gasteiger partial charge in [-0.25, -0.2) is 4.79 Å². The second-order valence-electron chi connectivity index (χ2n) is 6.06. The van der Waals surface area contributed by atoms with Gasteiger partial charge in [0, 0.05) is 5.69 Å². The Morgan fingerprint density at radius 1 is 1.03 bits per heavy atom. The second kappa shape index (κ2) is 11.8. The molecule has 1 atom stereocenters. The molecule has 2 amide bonds. The van der Waals surface area contributed by atoms with Crippen molar-refractivity contribution in [1.82, 2.24) is 5.32 Å². The van der Waals surface area contributed by atoms with Gasteiger partial charge < -0.3 is 20.1 Å². The molecule has 0 fully saturated rings. The summed E-state index contributed by atoms with van der Waals surface area (Å²) >= 11 is 1.58. The van der Waals surface area contributed by atoms with Gasteiger partial charge in [-0.05, 0) is 54.8 Å². The van der Waals surface area contributed by atoms with Gasteiger partial charge in [-0.3, -0.25) is 9.59 Å². The van der Waals surface area contributed by atoms with Crippen molar-refractivity contribution in [3.8, 4) is 5.75 Å². The third-order valence-electron chi connectivity index (χ3n) is 3.95. The van der Waals surface area contributed by atoms with Gasteiger partial charge >= 0.3 is 5.97 Å². The quantitative estimate of drug-likeness (QED) is 0.579. The summed E-state index contributed by atoms with van der Waals surface area (Å²) in [5, 5.41) is 5.48. The number of esters is 1. The van der Waals surface area contributed by atoms with Crippen LogP contribution in [0.1, 0.15) is 16.8 Å². The smallest absolute Gasteiger partial charge is 0.337 e. The molecule has 2 N–H and O–H groups in total. The number of amides is 2. The van der Waals surface area contributed by atoms with Crippen molar-refractivity contribution < 1.29 is 23.9 Å². The molecule has 0 aromatic heterocycles. The molecule has 2 aromatic rings. The van der Waals surface area contributed by atoms with Crippen molar-refractivity contribution in [2.24, 2.45) is 0 Å². The van der Waals surface area contributed by atoms with Crippen molar-refractivity contribution in [3.05, 3.63) is 60.2 Å². The molecule has 0 aliphatic rings. The van der Waals surface area contributed by atoms with E-state index in [2.05, 4.69) is 15.4 Å². The summed E-state index contributed by atoms with van der Waals surface area (Å²) in [5.74, 6) is 0.123. The van der Waals surface area contributed by atoms with E-state index in [1.165, 1.54) is 7.11 Å². The van der Waals surface area contributed by atoms with Crippen LogP contribution < -0.4 is 15.4 Å². The average Bonchev–Trinajstić information content (AvgIpc) is 2.75. The maximum absolute atomic E-state index is 12.6. The maximum Gasteiger partial charge on any atom is 0.337 e. The summed E-state index contributed by atoms with van der Waals surface area (Å²) < 4.78 is 10.1. The first-order chi connectivity index (χ1) is 14.0. The highest BCUT2D eigenvalue weighted by Gasteiger charge is 2.21. The standard InChI is InChI=1S/C21H24N2O5S/c1-27-21(26)15-8-10-16(11-9-15)22-20(25)18(12-13-29-2)23-19(24)14-28-17-6-4-3-5-7-17/h3-11,18H,12-14H2,1-2H3,(H,22,25)(H,23,24)/t18-/m0/s1. The monoisotopic (exact) mass is 416 g/mol. The number of ether oxygens (including phenoxy) is 2. The van der Waals surface area contributed by atoms with Gasteiger partial charge in [0.2, 0.25) is 5.91 Å². The van der Waals surface area contributed by atoms with Gasteiger partial charge in [0.25, 0.3) is 5.91 Å². The lowest BCUT2D eigenvalue weighted by atomic mass is 10.1. The number of para-hydroxylation sites is 1. The summed E-state index contributed by atoms with van der Waals surface area (Å²) in [5.41, 5.74) is 0.905. The predicted molar refractivity (Wildman–Crippen MR) is 113 cm³/mol. The van der Waals surface area contributed by atoms with Crippen LogP contribution in [-0.2, 0) is 14.3 Å². The van der Waals surface area contributed by atoms with Crippen molar-refractivity contribution in [3.63, 3.8) is 0 Å². The minimum absolute atomic E-state index is 0.180. The van der Waals surface area contributed by atoms with Gasteiger partial charge in [-0.1, -0.05) is 18.2 Å². The fourth-order valence-electron chi connectivity index (χ4n) is 2.44. The molecule has 2 rings (SSSR count). The molecule has 0 aliphatic carbocycles. The molecular formula is C21H24N2O5S. The van der Waals surface area contributed by atoms with Crippen LogP contribution in [0.3, 0.4) is 0 Å². The fourth-order valence-corrected chi connectivity index (χ4v) is 2.91. The highest BCUT2D eigenvalue weighted by atomic mass is 32.2. The number of anilines is 1. The number of hydrogen-bond acceptors (Lipinski definition) is 6. The molecule has 0 bridgehead atoms.